The number of nitrogen functional groups attached to an aromatic ring is 1. The minimum Gasteiger partial charge on any atom is -0.397 e. The lowest BCUT2D eigenvalue weighted by atomic mass is 9.91. The molecular formula is C16H21N3O. The number of nitrogens with zero attached hydrogens (tertiary/aromatic N) is 2. The number of aliphatic hydroxyl groups excluding tert-OH is 1. The Morgan fingerprint density at radius 3 is 2.85 bits per heavy atom. The van der Waals surface area contributed by atoms with E-state index in [4.69, 9.17) is 5.73 Å². The summed E-state index contributed by atoms with van der Waals surface area (Å²) >= 11 is 0. The summed E-state index contributed by atoms with van der Waals surface area (Å²) < 4.78 is 0. The molecule has 1 aromatic heterocycles. The normalized spacial score (nSPS) is 22.9. The first-order valence-corrected chi connectivity index (χ1v) is 7.22. The molecule has 3 rings (SSSR count). The van der Waals surface area contributed by atoms with Crippen molar-refractivity contribution in [1.82, 2.24) is 4.98 Å². The summed E-state index contributed by atoms with van der Waals surface area (Å²) in [5.74, 6) is 0. The summed E-state index contributed by atoms with van der Waals surface area (Å²) in [4.78, 5) is 6.56. The van der Waals surface area contributed by atoms with Crippen LogP contribution in [0, 0.1) is 0 Å². The highest BCUT2D eigenvalue weighted by Crippen LogP contribution is 2.32. The zero-order valence-corrected chi connectivity index (χ0v) is 11.8. The van der Waals surface area contributed by atoms with Crippen LogP contribution in [0.25, 0.3) is 10.9 Å². The van der Waals surface area contributed by atoms with Crippen LogP contribution in [0.2, 0.25) is 0 Å². The predicted octanol–water partition coefficient (Wildman–Crippen LogP) is 2.56. The van der Waals surface area contributed by atoms with Crippen LogP contribution < -0.4 is 10.6 Å². The topological polar surface area (TPSA) is 62.4 Å². The molecule has 1 aromatic carbocycles. The lowest BCUT2D eigenvalue weighted by molar-refractivity contribution is 0.106. The molecule has 1 fully saturated rings. The van der Waals surface area contributed by atoms with Crippen molar-refractivity contribution in [3.05, 3.63) is 30.5 Å². The fourth-order valence-electron chi connectivity index (χ4n) is 3.21. The molecule has 2 unspecified atom stereocenters. The maximum Gasteiger partial charge on any atom is 0.0951 e. The summed E-state index contributed by atoms with van der Waals surface area (Å²) in [5.41, 5.74) is 8.62. The highest BCUT2D eigenvalue weighted by atomic mass is 16.3. The van der Waals surface area contributed by atoms with Crippen molar-refractivity contribution >= 4 is 22.3 Å². The van der Waals surface area contributed by atoms with Gasteiger partial charge in [-0.25, -0.2) is 0 Å². The van der Waals surface area contributed by atoms with Gasteiger partial charge in [0.2, 0.25) is 0 Å². The van der Waals surface area contributed by atoms with E-state index in [1.165, 1.54) is 6.42 Å². The number of benzene rings is 1. The van der Waals surface area contributed by atoms with Crippen LogP contribution in [-0.2, 0) is 0 Å². The van der Waals surface area contributed by atoms with Crippen LogP contribution in [0.5, 0.6) is 0 Å². The van der Waals surface area contributed by atoms with Crippen molar-refractivity contribution in [2.75, 3.05) is 17.7 Å². The van der Waals surface area contributed by atoms with Crippen molar-refractivity contribution in [2.24, 2.45) is 0 Å². The van der Waals surface area contributed by atoms with E-state index >= 15 is 0 Å². The van der Waals surface area contributed by atoms with Gasteiger partial charge in [-0.15, -0.1) is 0 Å². The zero-order valence-electron chi connectivity index (χ0n) is 11.8. The van der Waals surface area contributed by atoms with Crippen molar-refractivity contribution < 1.29 is 5.11 Å². The largest absolute Gasteiger partial charge is 0.397 e. The van der Waals surface area contributed by atoms with Crippen LogP contribution in [-0.4, -0.2) is 29.3 Å². The van der Waals surface area contributed by atoms with E-state index in [-0.39, 0.29) is 12.1 Å². The molecule has 1 aliphatic carbocycles. The fraction of sp³-hybridized carbons (Fsp3) is 0.438. The molecule has 0 saturated heterocycles. The molecular weight excluding hydrogens is 250 g/mol. The molecule has 0 spiro atoms. The van der Waals surface area contributed by atoms with Gasteiger partial charge in [-0.3, -0.25) is 4.98 Å². The fourth-order valence-corrected chi connectivity index (χ4v) is 3.21. The number of para-hydroxylation sites is 1. The Morgan fingerprint density at radius 1 is 1.25 bits per heavy atom. The smallest absolute Gasteiger partial charge is 0.0951 e. The molecule has 0 aliphatic heterocycles. The van der Waals surface area contributed by atoms with Crippen LogP contribution in [0.3, 0.4) is 0 Å². The van der Waals surface area contributed by atoms with Crippen LogP contribution in [0.15, 0.2) is 30.5 Å². The second-order valence-corrected chi connectivity index (χ2v) is 5.60. The first-order valence-electron chi connectivity index (χ1n) is 7.22. The van der Waals surface area contributed by atoms with Gasteiger partial charge in [0.05, 0.1) is 23.3 Å². The van der Waals surface area contributed by atoms with Crippen LogP contribution >= 0.6 is 0 Å². The molecule has 20 heavy (non-hydrogen) atoms. The summed E-state index contributed by atoms with van der Waals surface area (Å²) in [5, 5.41) is 11.3. The Kier molecular flexibility index (Phi) is 3.49. The van der Waals surface area contributed by atoms with Crippen LogP contribution in [0.1, 0.15) is 25.7 Å². The second kappa shape index (κ2) is 5.29. The van der Waals surface area contributed by atoms with E-state index in [1.54, 1.807) is 6.20 Å². The Hall–Kier alpha value is -1.81. The van der Waals surface area contributed by atoms with Gasteiger partial charge in [0.1, 0.15) is 0 Å². The number of anilines is 2. The van der Waals surface area contributed by atoms with E-state index in [2.05, 4.69) is 16.9 Å². The van der Waals surface area contributed by atoms with Gasteiger partial charge in [-0.2, -0.15) is 0 Å². The molecule has 1 aliphatic rings. The lowest BCUT2D eigenvalue weighted by Gasteiger charge is -2.37. The van der Waals surface area contributed by atoms with E-state index < -0.39 is 0 Å². The summed E-state index contributed by atoms with van der Waals surface area (Å²) in [6.07, 6.45) is 5.76. The first-order chi connectivity index (χ1) is 9.68. The quantitative estimate of drug-likeness (QED) is 0.824. The van der Waals surface area contributed by atoms with Gasteiger partial charge in [0.25, 0.3) is 0 Å². The van der Waals surface area contributed by atoms with E-state index in [0.29, 0.717) is 5.69 Å². The molecule has 2 atom stereocenters. The molecule has 0 radical (unpaired) electrons. The summed E-state index contributed by atoms with van der Waals surface area (Å²) in [6.45, 7) is 0. The standard InChI is InChI=1S/C16H21N3O/c1-19(14-7-2-3-8-15(14)20)13-9-10-18-16-11(13)5-4-6-12(16)17/h4-6,9-10,14-15,20H,2-3,7-8,17H2,1H3. The number of hydrogen-bond acceptors (Lipinski definition) is 4. The summed E-state index contributed by atoms with van der Waals surface area (Å²) in [7, 11) is 2.05. The van der Waals surface area contributed by atoms with Gasteiger partial charge in [-0.1, -0.05) is 25.0 Å². The summed E-state index contributed by atoms with van der Waals surface area (Å²) in [6, 6.07) is 8.04. The minimum absolute atomic E-state index is 0.177. The Bertz CT molecular complexity index is 614. The van der Waals surface area contributed by atoms with Crippen molar-refractivity contribution in [3.8, 4) is 0 Å². The van der Waals surface area contributed by atoms with Gasteiger partial charge in [0, 0.05) is 24.3 Å². The van der Waals surface area contributed by atoms with Crippen LogP contribution in [0.4, 0.5) is 11.4 Å². The molecule has 0 bridgehead atoms. The number of rotatable bonds is 2. The number of aliphatic hydroxyl groups is 1. The molecule has 3 N–H and O–H groups in total. The number of pyridine rings is 1. The second-order valence-electron chi connectivity index (χ2n) is 5.60. The van der Waals surface area contributed by atoms with Crippen molar-refractivity contribution in [1.29, 1.82) is 0 Å². The Balaban J connectivity index is 2.03. The van der Waals surface area contributed by atoms with Gasteiger partial charge in [-0.05, 0) is 25.0 Å². The number of hydrogen-bond donors (Lipinski definition) is 2. The third-order valence-corrected chi connectivity index (χ3v) is 4.35. The molecule has 0 amide bonds. The molecule has 1 heterocycles. The Labute approximate surface area is 119 Å². The maximum atomic E-state index is 10.2. The van der Waals surface area contributed by atoms with Crippen molar-refractivity contribution in [2.45, 2.75) is 37.8 Å². The number of fused-ring (bicyclic) bond motifs is 1. The molecule has 4 nitrogen and oxygen atoms in total. The number of likely N-dealkylation sites (N-methyl/N-ethyl adjacent to an activating group) is 1. The van der Waals surface area contributed by atoms with Gasteiger partial charge in [0.15, 0.2) is 0 Å². The lowest BCUT2D eigenvalue weighted by Crippen LogP contribution is -2.43. The number of nitrogens with two attached hydrogens (primary N) is 1. The predicted molar refractivity (Wildman–Crippen MR) is 82.8 cm³/mol. The number of aromatic nitrogens is 1. The minimum atomic E-state index is -0.252. The highest BCUT2D eigenvalue weighted by molar-refractivity contribution is 5.98. The van der Waals surface area contributed by atoms with Gasteiger partial charge < -0.3 is 15.7 Å². The molecule has 1 saturated carbocycles. The Morgan fingerprint density at radius 2 is 2.05 bits per heavy atom. The van der Waals surface area contributed by atoms with Crippen molar-refractivity contribution in [3.63, 3.8) is 0 Å². The maximum absolute atomic E-state index is 10.2. The average molecular weight is 271 g/mol. The monoisotopic (exact) mass is 271 g/mol. The average Bonchev–Trinajstić information content (AvgIpc) is 2.47. The molecule has 2 aromatic rings. The first kappa shape index (κ1) is 13.2. The van der Waals surface area contributed by atoms with E-state index in [0.717, 1.165) is 35.9 Å². The van der Waals surface area contributed by atoms with Gasteiger partial charge >= 0.3 is 0 Å². The SMILES string of the molecule is CN(c1ccnc2c(N)cccc12)C1CCCCC1O. The molecule has 4 heteroatoms. The highest BCUT2D eigenvalue weighted by Gasteiger charge is 2.27. The third kappa shape index (κ3) is 2.20. The zero-order chi connectivity index (χ0) is 14.1. The van der Waals surface area contributed by atoms with E-state index in [9.17, 15) is 5.11 Å². The third-order valence-electron chi connectivity index (χ3n) is 4.35. The molecule has 106 valence electrons. The van der Waals surface area contributed by atoms with E-state index in [1.807, 2.05) is 24.3 Å².